The lowest BCUT2D eigenvalue weighted by molar-refractivity contribution is -0.156. The molecule has 28 heavy (non-hydrogen) atoms. The van der Waals surface area contributed by atoms with Crippen LogP contribution in [0.3, 0.4) is 0 Å². The Morgan fingerprint density at radius 3 is 1.36 bits per heavy atom. The van der Waals surface area contributed by atoms with Crippen molar-refractivity contribution in [3.05, 3.63) is 0 Å². The summed E-state index contributed by atoms with van der Waals surface area (Å²) in [4.78, 5) is 24.8. The average molecular weight is 397 g/mol. The number of rotatable bonds is 14. The minimum Gasteiger partial charge on any atom is -0.465 e. The lowest BCUT2D eigenvalue weighted by atomic mass is 9.82. The summed E-state index contributed by atoms with van der Waals surface area (Å²) in [6, 6.07) is 0. The maximum Gasteiger partial charge on any atom is 0.308 e. The van der Waals surface area contributed by atoms with E-state index in [4.69, 9.17) is 9.47 Å². The Balaban J connectivity index is 2.29. The lowest BCUT2D eigenvalue weighted by Crippen LogP contribution is -2.29. The van der Waals surface area contributed by atoms with Crippen LogP contribution >= 0.6 is 0 Å². The van der Waals surface area contributed by atoms with Crippen LogP contribution in [0.4, 0.5) is 0 Å². The number of esters is 2. The molecule has 0 aromatic rings. The topological polar surface area (TPSA) is 52.6 Å². The molecule has 0 bridgehead atoms. The van der Waals surface area contributed by atoms with Gasteiger partial charge in [-0.05, 0) is 50.4 Å². The van der Waals surface area contributed by atoms with E-state index >= 15 is 0 Å². The third kappa shape index (κ3) is 9.43. The molecule has 164 valence electrons. The SMILES string of the molecule is CCCCC(CC)COC(=O)C1CCC(C(=O)OCC(CC)CCCC)CC1. The first kappa shape index (κ1) is 25.0. The van der Waals surface area contributed by atoms with Crippen LogP contribution in [0.1, 0.15) is 105 Å². The van der Waals surface area contributed by atoms with E-state index < -0.39 is 0 Å². The van der Waals surface area contributed by atoms with Gasteiger partial charge in [0.25, 0.3) is 0 Å². The molecule has 1 aliphatic rings. The first-order valence-corrected chi connectivity index (χ1v) is 11.9. The van der Waals surface area contributed by atoms with E-state index in [0.29, 0.717) is 25.0 Å². The van der Waals surface area contributed by atoms with Crippen LogP contribution in [0, 0.1) is 23.7 Å². The quantitative estimate of drug-likeness (QED) is 0.323. The second-order valence-electron chi connectivity index (χ2n) is 8.64. The minimum absolute atomic E-state index is 0.0410. The van der Waals surface area contributed by atoms with Crippen molar-refractivity contribution in [2.24, 2.45) is 23.7 Å². The van der Waals surface area contributed by atoms with Crippen molar-refractivity contribution >= 4 is 11.9 Å². The summed E-state index contributed by atoms with van der Waals surface area (Å²) in [7, 11) is 0. The van der Waals surface area contributed by atoms with Crippen LogP contribution in [-0.4, -0.2) is 25.2 Å². The van der Waals surface area contributed by atoms with Crippen molar-refractivity contribution in [2.45, 2.75) is 105 Å². The van der Waals surface area contributed by atoms with Crippen molar-refractivity contribution in [1.29, 1.82) is 0 Å². The summed E-state index contributed by atoms with van der Waals surface area (Å²) < 4.78 is 11.2. The number of carbonyl (C=O) groups is 2. The molecule has 0 radical (unpaired) electrons. The highest BCUT2D eigenvalue weighted by Crippen LogP contribution is 2.31. The fraction of sp³-hybridized carbons (Fsp3) is 0.917. The number of hydrogen-bond donors (Lipinski definition) is 0. The van der Waals surface area contributed by atoms with Crippen molar-refractivity contribution in [1.82, 2.24) is 0 Å². The van der Waals surface area contributed by atoms with Gasteiger partial charge in [-0.15, -0.1) is 0 Å². The summed E-state index contributed by atoms with van der Waals surface area (Å²) in [6.45, 7) is 9.80. The molecule has 4 heteroatoms. The summed E-state index contributed by atoms with van der Waals surface area (Å²) in [5, 5.41) is 0. The Bertz CT molecular complexity index is 386. The molecule has 2 atom stereocenters. The van der Waals surface area contributed by atoms with Crippen LogP contribution in [0.15, 0.2) is 0 Å². The number of carbonyl (C=O) groups excluding carboxylic acids is 2. The van der Waals surface area contributed by atoms with Gasteiger partial charge in [-0.3, -0.25) is 9.59 Å². The molecule has 0 aromatic heterocycles. The lowest BCUT2D eigenvalue weighted by Gasteiger charge is -2.27. The molecule has 1 rings (SSSR count). The van der Waals surface area contributed by atoms with Crippen LogP contribution < -0.4 is 0 Å². The van der Waals surface area contributed by atoms with Crippen LogP contribution in [-0.2, 0) is 19.1 Å². The zero-order chi connectivity index (χ0) is 20.8. The predicted octanol–water partition coefficient (Wildman–Crippen LogP) is 6.31. The van der Waals surface area contributed by atoms with Crippen molar-refractivity contribution in [2.75, 3.05) is 13.2 Å². The number of unbranched alkanes of at least 4 members (excludes halogenated alkanes) is 2. The molecule has 0 aliphatic heterocycles. The molecule has 0 saturated heterocycles. The first-order chi connectivity index (χ1) is 13.5. The molecule has 1 aliphatic carbocycles. The van der Waals surface area contributed by atoms with E-state index in [-0.39, 0.29) is 23.8 Å². The molecule has 0 heterocycles. The monoisotopic (exact) mass is 396 g/mol. The van der Waals surface area contributed by atoms with Gasteiger partial charge >= 0.3 is 11.9 Å². The van der Waals surface area contributed by atoms with Gasteiger partial charge in [0.1, 0.15) is 0 Å². The summed E-state index contributed by atoms with van der Waals surface area (Å²) in [6.07, 6.45) is 12.1. The molecule has 0 N–H and O–H groups in total. The van der Waals surface area contributed by atoms with E-state index in [9.17, 15) is 9.59 Å². The predicted molar refractivity (Wildman–Crippen MR) is 114 cm³/mol. The maximum absolute atomic E-state index is 12.4. The third-order valence-electron chi connectivity index (χ3n) is 6.40. The second-order valence-corrected chi connectivity index (χ2v) is 8.64. The largest absolute Gasteiger partial charge is 0.465 e. The van der Waals surface area contributed by atoms with Crippen molar-refractivity contribution in [3.63, 3.8) is 0 Å². The van der Waals surface area contributed by atoms with E-state index in [1.54, 1.807) is 0 Å². The molecule has 1 saturated carbocycles. The van der Waals surface area contributed by atoms with Gasteiger partial charge in [-0.2, -0.15) is 0 Å². The molecule has 2 unspecified atom stereocenters. The van der Waals surface area contributed by atoms with Crippen LogP contribution in [0.2, 0.25) is 0 Å². The second kappa shape index (κ2) is 14.9. The molecular formula is C24H44O4. The summed E-state index contributed by atoms with van der Waals surface area (Å²) in [5.41, 5.74) is 0. The van der Waals surface area contributed by atoms with Gasteiger partial charge in [0, 0.05) is 0 Å². The number of hydrogen-bond acceptors (Lipinski definition) is 4. The standard InChI is InChI=1S/C24H44O4/c1-5-9-11-19(7-3)17-27-23(25)21-13-15-22(16-14-21)24(26)28-18-20(8-4)12-10-6-2/h19-22H,5-18H2,1-4H3. The highest BCUT2D eigenvalue weighted by molar-refractivity contribution is 5.75. The molecule has 1 fully saturated rings. The molecule has 0 amide bonds. The maximum atomic E-state index is 12.4. The Labute approximate surface area is 173 Å². The highest BCUT2D eigenvalue weighted by Gasteiger charge is 2.32. The van der Waals surface area contributed by atoms with Gasteiger partial charge in [0.2, 0.25) is 0 Å². The third-order valence-corrected chi connectivity index (χ3v) is 6.40. The Morgan fingerprint density at radius 1 is 0.714 bits per heavy atom. The molecular weight excluding hydrogens is 352 g/mol. The van der Waals surface area contributed by atoms with Gasteiger partial charge < -0.3 is 9.47 Å². The highest BCUT2D eigenvalue weighted by atomic mass is 16.5. The van der Waals surface area contributed by atoms with Gasteiger partial charge in [-0.25, -0.2) is 0 Å². The number of ether oxygens (including phenoxy) is 2. The fourth-order valence-electron chi connectivity index (χ4n) is 4.00. The van der Waals surface area contributed by atoms with E-state index in [1.807, 2.05) is 0 Å². The normalized spacial score (nSPS) is 21.7. The van der Waals surface area contributed by atoms with Crippen molar-refractivity contribution in [3.8, 4) is 0 Å². The van der Waals surface area contributed by atoms with E-state index in [1.165, 1.54) is 25.7 Å². The van der Waals surface area contributed by atoms with Crippen molar-refractivity contribution < 1.29 is 19.1 Å². The minimum atomic E-state index is -0.0626. The Hall–Kier alpha value is -1.06. The molecule has 0 spiro atoms. The van der Waals surface area contributed by atoms with Gasteiger partial charge in [-0.1, -0.05) is 66.2 Å². The van der Waals surface area contributed by atoms with Crippen LogP contribution in [0.5, 0.6) is 0 Å². The van der Waals surface area contributed by atoms with Gasteiger partial charge in [0.05, 0.1) is 25.0 Å². The molecule has 0 aromatic carbocycles. The van der Waals surface area contributed by atoms with Crippen LogP contribution in [0.25, 0.3) is 0 Å². The summed E-state index contributed by atoms with van der Waals surface area (Å²) in [5.74, 6) is 0.755. The van der Waals surface area contributed by atoms with Gasteiger partial charge in [0.15, 0.2) is 0 Å². The zero-order valence-electron chi connectivity index (χ0n) is 18.8. The average Bonchev–Trinajstić information content (AvgIpc) is 2.73. The van der Waals surface area contributed by atoms with E-state index in [0.717, 1.165) is 51.4 Å². The fourth-order valence-corrected chi connectivity index (χ4v) is 4.00. The zero-order valence-corrected chi connectivity index (χ0v) is 18.8. The Morgan fingerprint density at radius 2 is 1.07 bits per heavy atom. The Kier molecular flexibility index (Phi) is 13.3. The smallest absolute Gasteiger partial charge is 0.308 e. The molecule has 4 nitrogen and oxygen atoms in total. The first-order valence-electron chi connectivity index (χ1n) is 11.9. The summed E-state index contributed by atoms with van der Waals surface area (Å²) >= 11 is 0. The van der Waals surface area contributed by atoms with E-state index in [2.05, 4.69) is 27.7 Å².